The van der Waals surface area contributed by atoms with E-state index in [-0.39, 0.29) is 22.7 Å². The number of nitrogens with zero attached hydrogens (tertiary/aromatic N) is 1. The monoisotopic (exact) mass is 233 g/mol. The number of hydrogen-bond acceptors (Lipinski definition) is 5. The lowest BCUT2D eigenvalue weighted by atomic mass is 10.5. The Bertz CT molecular complexity index is 256. The van der Waals surface area contributed by atoms with Crippen LogP contribution in [0.1, 0.15) is 6.92 Å². The molecule has 0 unspecified atom stereocenters. The van der Waals surface area contributed by atoms with Gasteiger partial charge in [0.2, 0.25) is 11.8 Å². The minimum Gasteiger partial charge on any atom is -0.377 e. The smallest absolute Gasteiger partial charge is 0.230 e. The fourth-order valence-electron chi connectivity index (χ4n) is 0.668. The summed E-state index contributed by atoms with van der Waals surface area (Å²) in [4.78, 5) is 21.6. The number of carbonyl (C=O) groups excluding carboxylic acids is 2. The number of amides is 2. The van der Waals surface area contributed by atoms with Gasteiger partial charge < -0.3 is 22.2 Å². The van der Waals surface area contributed by atoms with Gasteiger partial charge in [-0.3, -0.25) is 9.59 Å². The van der Waals surface area contributed by atoms with Crippen LogP contribution in [0.15, 0.2) is 5.10 Å². The Kier molecular flexibility index (Phi) is 7.16. The van der Waals surface area contributed by atoms with E-state index >= 15 is 0 Å². The average molecular weight is 233 g/mol. The molecule has 0 fully saturated rings. The molecule has 0 atom stereocenters. The summed E-state index contributed by atoms with van der Waals surface area (Å²) < 4.78 is 0. The van der Waals surface area contributed by atoms with Gasteiger partial charge in [-0.25, -0.2) is 0 Å². The highest BCUT2D eigenvalue weighted by Gasteiger charge is 2.02. The maximum atomic E-state index is 11.1. The fraction of sp³-hybridized carbons (Fsp3) is 0.571. The van der Waals surface area contributed by atoms with Gasteiger partial charge in [0, 0.05) is 20.0 Å². The zero-order chi connectivity index (χ0) is 11.7. The van der Waals surface area contributed by atoms with E-state index in [1.165, 1.54) is 6.92 Å². The lowest BCUT2D eigenvalue weighted by molar-refractivity contribution is -0.120. The van der Waals surface area contributed by atoms with Crippen molar-refractivity contribution in [1.29, 1.82) is 0 Å². The summed E-state index contributed by atoms with van der Waals surface area (Å²) in [6, 6.07) is 0. The largest absolute Gasteiger partial charge is 0.377 e. The zero-order valence-corrected chi connectivity index (χ0v) is 9.26. The molecule has 15 heavy (non-hydrogen) atoms. The Morgan fingerprint density at radius 3 is 2.47 bits per heavy atom. The summed E-state index contributed by atoms with van der Waals surface area (Å²) in [5, 5.41) is 8.50. The van der Waals surface area contributed by atoms with Crippen LogP contribution in [0.25, 0.3) is 0 Å². The van der Waals surface area contributed by atoms with Crippen LogP contribution < -0.4 is 22.2 Å². The topological polar surface area (TPSA) is 123 Å². The first-order valence-electron chi connectivity index (χ1n) is 4.23. The molecule has 0 radical (unpaired) electrons. The van der Waals surface area contributed by atoms with Gasteiger partial charge in [0.05, 0.1) is 5.75 Å². The number of carbonyl (C=O) groups is 2. The lowest BCUT2D eigenvalue weighted by Crippen LogP contribution is -2.34. The van der Waals surface area contributed by atoms with Crippen molar-refractivity contribution < 1.29 is 9.59 Å². The van der Waals surface area contributed by atoms with Crippen molar-refractivity contribution in [3.63, 3.8) is 0 Å². The van der Waals surface area contributed by atoms with Crippen molar-refractivity contribution in [1.82, 2.24) is 10.6 Å². The van der Waals surface area contributed by atoms with E-state index < -0.39 is 0 Å². The lowest BCUT2D eigenvalue weighted by Gasteiger charge is -2.04. The van der Waals surface area contributed by atoms with Crippen LogP contribution in [-0.2, 0) is 9.59 Å². The summed E-state index contributed by atoms with van der Waals surface area (Å²) in [5.41, 5.74) is 5.27. The maximum absolute atomic E-state index is 11.1. The molecule has 0 heterocycles. The third kappa shape index (κ3) is 8.88. The first-order valence-corrected chi connectivity index (χ1v) is 5.22. The molecule has 0 rings (SSSR count). The Hall–Kier alpha value is -1.44. The molecule has 0 aromatic rings. The number of rotatable bonds is 5. The highest BCUT2D eigenvalue weighted by atomic mass is 32.2. The summed E-state index contributed by atoms with van der Waals surface area (Å²) in [5.74, 6) is 4.73. The van der Waals surface area contributed by atoms with Crippen LogP contribution in [0.3, 0.4) is 0 Å². The van der Waals surface area contributed by atoms with Crippen molar-refractivity contribution >= 4 is 28.7 Å². The normalized spacial score (nSPS) is 10.9. The highest BCUT2D eigenvalue weighted by molar-refractivity contribution is 8.14. The van der Waals surface area contributed by atoms with Crippen LogP contribution in [0.4, 0.5) is 0 Å². The fourth-order valence-corrected chi connectivity index (χ4v) is 1.12. The quantitative estimate of drug-likeness (QED) is 0.146. The van der Waals surface area contributed by atoms with Gasteiger partial charge >= 0.3 is 0 Å². The molecule has 0 saturated heterocycles. The Balaban J connectivity index is 3.46. The van der Waals surface area contributed by atoms with Crippen molar-refractivity contribution in [3.8, 4) is 0 Å². The minimum absolute atomic E-state index is 0.127. The number of thioether (sulfide) groups is 1. The first-order chi connectivity index (χ1) is 7.06. The van der Waals surface area contributed by atoms with E-state index in [1.54, 1.807) is 0 Å². The Morgan fingerprint density at radius 2 is 1.93 bits per heavy atom. The van der Waals surface area contributed by atoms with E-state index in [0.29, 0.717) is 13.1 Å². The molecule has 2 amide bonds. The zero-order valence-electron chi connectivity index (χ0n) is 8.45. The molecule has 0 spiro atoms. The van der Waals surface area contributed by atoms with Crippen molar-refractivity contribution in [3.05, 3.63) is 0 Å². The second-order valence-electron chi connectivity index (χ2n) is 2.59. The molecule has 0 aliphatic heterocycles. The van der Waals surface area contributed by atoms with Crippen molar-refractivity contribution in [2.24, 2.45) is 16.7 Å². The standard InChI is InChI=1S/C7H15N5O2S/c1-5(13)10-2-3-11-6(14)4-15-7(8)12-9/h2-4,9H2,1H3,(H2,8,12)(H,10,13)(H,11,14). The van der Waals surface area contributed by atoms with Crippen LogP contribution in [0, 0.1) is 0 Å². The molecule has 86 valence electrons. The molecular formula is C7H15N5O2S. The number of hydrogen-bond donors (Lipinski definition) is 4. The van der Waals surface area contributed by atoms with Crippen LogP contribution >= 0.6 is 11.8 Å². The molecule has 0 aromatic carbocycles. The number of nitrogens with two attached hydrogens (primary N) is 2. The molecular weight excluding hydrogens is 218 g/mol. The van der Waals surface area contributed by atoms with E-state index in [4.69, 9.17) is 11.6 Å². The van der Waals surface area contributed by atoms with Gasteiger partial charge in [-0.15, -0.1) is 0 Å². The number of amidine groups is 1. The Labute approximate surface area is 92.0 Å². The van der Waals surface area contributed by atoms with Crippen molar-refractivity contribution in [2.45, 2.75) is 6.92 Å². The summed E-state index contributed by atoms with van der Waals surface area (Å²) >= 11 is 1.05. The third-order valence-electron chi connectivity index (χ3n) is 1.30. The molecule has 0 aromatic heterocycles. The summed E-state index contributed by atoms with van der Waals surface area (Å²) in [6.07, 6.45) is 0. The van der Waals surface area contributed by atoms with E-state index in [0.717, 1.165) is 11.8 Å². The SMILES string of the molecule is CC(=O)NCCNC(=O)CSC(N)=NN. The summed E-state index contributed by atoms with van der Waals surface area (Å²) in [7, 11) is 0. The molecule has 7 nitrogen and oxygen atoms in total. The number of nitrogens with one attached hydrogen (secondary N) is 2. The van der Waals surface area contributed by atoms with Gasteiger partial charge in [-0.1, -0.05) is 11.8 Å². The minimum atomic E-state index is -0.183. The predicted molar refractivity (Wildman–Crippen MR) is 60.0 cm³/mol. The first kappa shape index (κ1) is 13.6. The molecule has 0 bridgehead atoms. The maximum Gasteiger partial charge on any atom is 0.230 e. The molecule has 0 saturated carbocycles. The molecule has 0 aliphatic rings. The van der Waals surface area contributed by atoms with Gasteiger partial charge in [-0.2, -0.15) is 5.10 Å². The van der Waals surface area contributed by atoms with E-state index in [9.17, 15) is 9.59 Å². The molecule has 8 heteroatoms. The van der Waals surface area contributed by atoms with E-state index in [1.807, 2.05) is 0 Å². The third-order valence-corrected chi connectivity index (χ3v) is 2.11. The van der Waals surface area contributed by atoms with Gasteiger partial charge in [0.15, 0.2) is 5.17 Å². The van der Waals surface area contributed by atoms with Crippen LogP contribution in [0.2, 0.25) is 0 Å². The second-order valence-corrected chi connectivity index (χ2v) is 3.58. The molecule has 0 aliphatic carbocycles. The second kappa shape index (κ2) is 7.92. The Morgan fingerprint density at radius 1 is 1.33 bits per heavy atom. The van der Waals surface area contributed by atoms with Crippen molar-refractivity contribution in [2.75, 3.05) is 18.8 Å². The van der Waals surface area contributed by atoms with Crippen LogP contribution in [0.5, 0.6) is 0 Å². The van der Waals surface area contributed by atoms with E-state index in [2.05, 4.69) is 15.7 Å². The molecule has 6 N–H and O–H groups in total. The predicted octanol–water partition coefficient (Wildman–Crippen LogP) is -1.84. The average Bonchev–Trinajstić information content (AvgIpc) is 2.20. The van der Waals surface area contributed by atoms with Crippen LogP contribution in [-0.4, -0.2) is 35.8 Å². The summed E-state index contributed by atoms with van der Waals surface area (Å²) in [6.45, 7) is 2.21. The van der Waals surface area contributed by atoms with Gasteiger partial charge in [-0.05, 0) is 0 Å². The van der Waals surface area contributed by atoms with Gasteiger partial charge in [0.1, 0.15) is 0 Å². The highest BCUT2D eigenvalue weighted by Crippen LogP contribution is 1.96. The van der Waals surface area contributed by atoms with Gasteiger partial charge in [0.25, 0.3) is 0 Å². The number of hydrazone groups is 1.